The normalized spacial score (nSPS) is 12.9. The minimum absolute atomic E-state index is 0.00649. The van der Waals surface area contributed by atoms with Gasteiger partial charge in [-0.3, -0.25) is 9.59 Å². The molecule has 5 heteroatoms. The van der Waals surface area contributed by atoms with Crippen LogP contribution in [0.25, 0.3) is 0 Å². The predicted octanol–water partition coefficient (Wildman–Crippen LogP) is 6.23. The van der Waals surface area contributed by atoms with Crippen molar-refractivity contribution in [1.29, 1.82) is 0 Å². The lowest BCUT2D eigenvalue weighted by molar-refractivity contribution is -0.143. The summed E-state index contributed by atoms with van der Waals surface area (Å²) < 4.78 is 6.12. The number of nitrogens with one attached hydrogen (secondary N) is 1. The Labute approximate surface area is 228 Å². The van der Waals surface area contributed by atoms with Gasteiger partial charge in [0.05, 0.1) is 0 Å². The van der Waals surface area contributed by atoms with Crippen LogP contribution in [0.4, 0.5) is 0 Å². The summed E-state index contributed by atoms with van der Waals surface area (Å²) in [5.74, 6) is 0.306. The van der Waals surface area contributed by atoms with E-state index in [2.05, 4.69) is 26.1 Å². The van der Waals surface area contributed by atoms with Crippen molar-refractivity contribution in [3.05, 3.63) is 101 Å². The summed E-state index contributed by atoms with van der Waals surface area (Å²) >= 11 is 0. The molecule has 0 radical (unpaired) electrons. The number of amides is 2. The summed E-state index contributed by atoms with van der Waals surface area (Å²) in [6.45, 7) is 12.6. The topological polar surface area (TPSA) is 58.6 Å². The zero-order valence-corrected chi connectivity index (χ0v) is 23.7. The van der Waals surface area contributed by atoms with Gasteiger partial charge in [0.25, 0.3) is 5.91 Å². The van der Waals surface area contributed by atoms with Crippen LogP contribution in [0.2, 0.25) is 0 Å². The number of nitrogens with zero attached hydrogens (tertiary/aromatic N) is 1. The minimum Gasteiger partial charge on any atom is -0.483 e. The Morgan fingerprint density at radius 2 is 1.53 bits per heavy atom. The van der Waals surface area contributed by atoms with E-state index in [1.54, 1.807) is 4.90 Å². The van der Waals surface area contributed by atoms with Gasteiger partial charge >= 0.3 is 0 Å². The maximum atomic E-state index is 13.9. The highest BCUT2D eigenvalue weighted by atomic mass is 16.5. The molecule has 0 spiro atoms. The van der Waals surface area contributed by atoms with E-state index in [-0.39, 0.29) is 29.9 Å². The smallest absolute Gasteiger partial charge is 0.261 e. The summed E-state index contributed by atoms with van der Waals surface area (Å²) in [6.07, 6.45) is 1.22. The molecule has 38 heavy (non-hydrogen) atoms. The second-order valence-electron chi connectivity index (χ2n) is 11.1. The fourth-order valence-electron chi connectivity index (χ4n) is 4.32. The Morgan fingerprint density at radius 1 is 0.895 bits per heavy atom. The molecule has 0 heterocycles. The first kappa shape index (κ1) is 29.0. The monoisotopic (exact) mass is 514 g/mol. The van der Waals surface area contributed by atoms with Crippen LogP contribution in [0.3, 0.4) is 0 Å². The van der Waals surface area contributed by atoms with Crippen molar-refractivity contribution in [3.8, 4) is 5.75 Å². The number of hydrogen-bond donors (Lipinski definition) is 1. The number of benzene rings is 3. The highest BCUT2D eigenvalue weighted by Crippen LogP contribution is 2.31. The van der Waals surface area contributed by atoms with Crippen molar-refractivity contribution in [1.82, 2.24) is 10.2 Å². The van der Waals surface area contributed by atoms with Gasteiger partial charge in [-0.1, -0.05) is 106 Å². The van der Waals surface area contributed by atoms with E-state index in [4.69, 9.17) is 4.74 Å². The lowest BCUT2D eigenvalue weighted by Crippen LogP contribution is -2.53. The number of rotatable bonds is 11. The minimum atomic E-state index is -0.679. The number of ether oxygens (including phenoxy) is 1. The molecule has 0 aromatic heterocycles. The average molecular weight is 515 g/mol. The SMILES string of the molecule is CCC(C)NC(=O)C(Cc1ccccc1)N(Cc1ccc(C)cc1)C(=O)COc1ccccc1C(C)(C)C. The van der Waals surface area contributed by atoms with Crippen molar-refractivity contribution in [2.75, 3.05) is 6.61 Å². The molecule has 0 aliphatic carbocycles. The third kappa shape index (κ3) is 8.20. The van der Waals surface area contributed by atoms with E-state index in [9.17, 15) is 9.59 Å². The van der Waals surface area contributed by atoms with E-state index in [1.807, 2.05) is 99.6 Å². The summed E-state index contributed by atoms with van der Waals surface area (Å²) in [7, 11) is 0. The highest BCUT2D eigenvalue weighted by Gasteiger charge is 2.31. The maximum absolute atomic E-state index is 13.9. The first-order valence-electron chi connectivity index (χ1n) is 13.5. The zero-order valence-electron chi connectivity index (χ0n) is 23.7. The van der Waals surface area contributed by atoms with Crippen LogP contribution in [0.1, 0.15) is 63.3 Å². The summed E-state index contributed by atoms with van der Waals surface area (Å²) in [6, 6.07) is 25.1. The van der Waals surface area contributed by atoms with E-state index in [0.29, 0.717) is 18.7 Å². The molecule has 0 aliphatic rings. The van der Waals surface area contributed by atoms with E-state index in [1.165, 1.54) is 0 Å². The van der Waals surface area contributed by atoms with Gasteiger partial charge in [-0.2, -0.15) is 0 Å². The molecule has 5 nitrogen and oxygen atoms in total. The van der Waals surface area contributed by atoms with Gasteiger partial charge in [0.1, 0.15) is 11.8 Å². The molecular weight excluding hydrogens is 472 g/mol. The molecule has 3 rings (SSSR count). The van der Waals surface area contributed by atoms with Gasteiger partial charge in [-0.05, 0) is 48.4 Å². The molecule has 3 aromatic carbocycles. The van der Waals surface area contributed by atoms with Gasteiger partial charge in [0, 0.05) is 19.0 Å². The quantitative estimate of drug-likeness (QED) is 0.330. The average Bonchev–Trinajstić information content (AvgIpc) is 2.90. The van der Waals surface area contributed by atoms with E-state index in [0.717, 1.165) is 28.7 Å². The van der Waals surface area contributed by atoms with Crippen LogP contribution in [-0.2, 0) is 28.0 Å². The zero-order chi connectivity index (χ0) is 27.7. The Bertz CT molecular complexity index is 1180. The van der Waals surface area contributed by atoms with Gasteiger partial charge in [0.15, 0.2) is 6.61 Å². The van der Waals surface area contributed by atoms with Gasteiger partial charge in [0.2, 0.25) is 5.91 Å². The van der Waals surface area contributed by atoms with Crippen molar-refractivity contribution in [2.24, 2.45) is 0 Å². The Balaban J connectivity index is 1.94. The largest absolute Gasteiger partial charge is 0.483 e. The molecule has 2 amide bonds. The van der Waals surface area contributed by atoms with Crippen molar-refractivity contribution in [2.45, 2.75) is 78.4 Å². The highest BCUT2D eigenvalue weighted by molar-refractivity contribution is 5.88. The van der Waals surface area contributed by atoms with Crippen LogP contribution in [0, 0.1) is 6.92 Å². The van der Waals surface area contributed by atoms with Crippen molar-refractivity contribution >= 4 is 11.8 Å². The molecule has 0 aliphatic heterocycles. The predicted molar refractivity (Wildman–Crippen MR) is 154 cm³/mol. The molecule has 1 N–H and O–H groups in total. The van der Waals surface area contributed by atoms with Gasteiger partial charge < -0.3 is 15.0 Å². The molecular formula is C33H42N2O3. The van der Waals surface area contributed by atoms with Crippen LogP contribution >= 0.6 is 0 Å². The first-order valence-corrected chi connectivity index (χ1v) is 13.5. The van der Waals surface area contributed by atoms with Crippen LogP contribution < -0.4 is 10.1 Å². The lowest BCUT2D eigenvalue weighted by Gasteiger charge is -2.32. The van der Waals surface area contributed by atoms with Crippen molar-refractivity contribution < 1.29 is 14.3 Å². The molecule has 3 aromatic rings. The fraction of sp³-hybridized carbons (Fsp3) is 0.394. The number of carbonyl (C=O) groups excluding carboxylic acids is 2. The summed E-state index contributed by atoms with van der Waals surface area (Å²) in [4.78, 5) is 29.2. The molecule has 2 atom stereocenters. The number of hydrogen-bond acceptors (Lipinski definition) is 3. The van der Waals surface area contributed by atoms with Crippen LogP contribution in [-0.4, -0.2) is 35.4 Å². The maximum Gasteiger partial charge on any atom is 0.261 e. The Hall–Kier alpha value is -3.60. The molecule has 0 saturated heterocycles. The lowest BCUT2D eigenvalue weighted by atomic mass is 9.86. The molecule has 0 saturated carbocycles. The second kappa shape index (κ2) is 13.3. The Kier molecular flexibility index (Phi) is 10.1. The van der Waals surface area contributed by atoms with Crippen LogP contribution in [0.5, 0.6) is 5.75 Å². The Morgan fingerprint density at radius 3 is 2.16 bits per heavy atom. The first-order chi connectivity index (χ1) is 18.1. The van der Waals surface area contributed by atoms with Gasteiger partial charge in [-0.15, -0.1) is 0 Å². The van der Waals surface area contributed by atoms with Gasteiger partial charge in [-0.25, -0.2) is 0 Å². The fourth-order valence-corrected chi connectivity index (χ4v) is 4.32. The summed E-state index contributed by atoms with van der Waals surface area (Å²) in [5.41, 5.74) is 4.01. The number of aryl methyl sites for hydroxylation is 1. The van der Waals surface area contributed by atoms with E-state index >= 15 is 0 Å². The van der Waals surface area contributed by atoms with E-state index < -0.39 is 6.04 Å². The third-order valence-corrected chi connectivity index (χ3v) is 6.79. The standard InChI is InChI=1S/C33H42N2O3/c1-7-25(3)34-32(37)29(21-26-13-9-8-10-14-26)35(22-27-19-17-24(2)18-20-27)31(36)23-38-30-16-12-11-15-28(30)33(4,5)6/h8-20,25,29H,7,21-23H2,1-6H3,(H,34,37). The van der Waals surface area contributed by atoms with Crippen LogP contribution in [0.15, 0.2) is 78.9 Å². The number of carbonyl (C=O) groups is 2. The third-order valence-electron chi connectivity index (χ3n) is 6.79. The molecule has 0 bridgehead atoms. The second-order valence-corrected chi connectivity index (χ2v) is 11.1. The summed E-state index contributed by atoms with van der Waals surface area (Å²) in [5, 5.41) is 3.11. The van der Waals surface area contributed by atoms with Crippen molar-refractivity contribution in [3.63, 3.8) is 0 Å². The molecule has 202 valence electrons. The molecule has 0 fully saturated rings. The molecule has 2 unspecified atom stereocenters. The number of para-hydroxylation sites is 1.